The van der Waals surface area contributed by atoms with Crippen LogP contribution < -0.4 is 10.8 Å². The van der Waals surface area contributed by atoms with Crippen molar-refractivity contribution in [2.24, 2.45) is 23.7 Å². The van der Waals surface area contributed by atoms with E-state index in [-0.39, 0.29) is 43.6 Å². The van der Waals surface area contributed by atoms with Crippen molar-refractivity contribution in [3.05, 3.63) is 29.8 Å². The summed E-state index contributed by atoms with van der Waals surface area (Å²) in [4.78, 5) is 42.4. The maximum Gasteiger partial charge on any atom is 0.309 e. The number of hydroxylamine groups is 1. The molecule has 3 aliphatic rings. The van der Waals surface area contributed by atoms with E-state index in [2.05, 4.69) is 5.32 Å². The molecule has 0 spiro atoms. The number of aliphatic hydroxyl groups excluding tert-OH is 3. The number of ether oxygens (including phenoxy) is 5. The van der Waals surface area contributed by atoms with Crippen molar-refractivity contribution in [3.63, 3.8) is 0 Å². The number of rotatable bonds is 16. The van der Waals surface area contributed by atoms with Crippen molar-refractivity contribution in [2.75, 3.05) is 33.1 Å². The third-order valence-electron chi connectivity index (χ3n) is 15.8. The van der Waals surface area contributed by atoms with Crippen LogP contribution in [0.2, 0.25) is 0 Å². The summed E-state index contributed by atoms with van der Waals surface area (Å²) in [6.07, 6.45) is -4.07. The van der Waals surface area contributed by atoms with Crippen molar-refractivity contribution in [3.8, 4) is 0 Å². The Bertz CT molecular complexity index is 1810. The number of hydrogen-bond donors (Lipinski definition) is 8. The highest BCUT2D eigenvalue weighted by molar-refractivity contribution is 5.90. The van der Waals surface area contributed by atoms with E-state index in [9.17, 15) is 39.9 Å². The number of nitrogens with zero attached hydrogens (tertiary/aromatic N) is 2. The highest BCUT2D eigenvalue weighted by Gasteiger charge is 2.55. The minimum Gasteiger partial charge on any atom is -0.459 e. The number of aliphatic hydroxyl groups is 5. The first-order chi connectivity index (χ1) is 32.7. The number of carbonyl (C=O) groups is 3. The van der Waals surface area contributed by atoms with Crippen molar-refractivity contribution < 1.29 is 68.8 Å². The van der Waals surface area contributed by atoms with Crippen LogP contribution in [0.4, 0.5) is 5.69 Å². The second-order valence-electron chi connectivity index (χ2n) is 21.9. The average molecular weight is 995 g/mol. The van der Waals surface area contributed by atoms with Gasteiger partial charge in [0.2, 0.25) is 11.8 Å². The fraction of sp³-hybridized carbons (Fsp3) is 0.827. The van der Waals surface area contributed by atoms with Crippen LogP contribution in [0, 0.1) is 23.7 Å². The van der Waals surface area contributed by atoms with E-state index in [1.165, 1.54) is 14.0 Å². The minimum atomic E-state index is -1.82. The number of amides is 2. The van der Waals surface area contributed by atoms with Gasteiger partial charge in [0.15, 0.2) is 6.29 Å². The van der Waals surface area contributed by atoms with E-state index in [4.69, 9.17) is 28.9 Å². The van der Waals surface area contributed by atoms with Gasteiger partial charge in [-0.3, -0.25) is 24.5 Å². The molecule has 0 aromatic heterocycles. The minimum absolute atomic E-state index is 0.107. The lowest BCUT2D eigenvalue weighted by Crippen LogP contribution is -2.62. The molecule has 4 rings (SSSR count). The van der Waals surface area contributed by atoms with Gasteiger partial charge in [-0.15, -0.1) is 0 Å². The lowest BCUT2D eigenvalue weighted by molar-refractivity contribution is -0.303. The number of nitrogens with one attached hydrogen (secondary N) is 2. The molecule has 3 fully saturated rings. The van der Waals surface area contributed by atoms with Crippen LogP contribution in [0.5, 0.6) is 0 Å². The maximum atomic E-state index is 14.6. The molecule has 0 bridgehead atoms. The summed E-state index contributed by atoms with van der Waals surface area (Å²) >= 11 is 0. The van der Waals surface area contributed by atoms with Gasteiger partial charge >= 0.3 is 5.97 Å². The molecule has 2 amide bonds. The number of unbranched alkanes of at least 4 members (excludes halogenated alkanes) is 3. The van der Waals surface area contributed by atoms with E-state index in [1.807, 2.05) is 68.9 Å². The summed E-state index contributed by atoms with van der Waals surface area (Å²) in [5.74, 6) is -3.72. The zero-order valence-electron chi connectivity index (χ0n) is 44.3. The Morgan fingerprint density at radius 3 is 2.10 bits per heavy atom. The van der Waals surface area contributed by atoms with Crippen LogP contribution >= 0.6 is 0 Å². The first-order valence-electron chi connectivity index (χ1n) is 25.6. The molecule has 18 nitrogen and oxygen atoms in total. The summed E-state index contributed by atoms with van der Waals surface area (Å²) < 4.78 is 32.1. The number of esters is 1. The number of likely N-dealkylation sites (N-methyl/N-ethyl adjacent to an activating group) is 2. The van der Waals surface area contributed by atoms with Gasteiger partial charge in [-0.25, -0.2) is 5.48 Å². The number of benzene rings is 1. The van der Waals surface area contributed by atoms with Crippen LogP contribution in [-0.2, 0) is 44.6 Å². The SMILES string of the molecule is CC[C@H]1OC(=O)[C@H](C)C([C@H]2C[C@@](C)(OC)[C@@H](O)[C@H](C)O2)[C@H](C)[C@@H](O[C@@H]2O[C@H](C)C[C@H](N(C)Cc3ccc(NC(=O)CCCCCCC(=O)NO)cc3)[C@@H]2O)[C@](C)(O)C[C@@H](C)CN(C)[C@H](C)[C@@H](O)[C@]1(C)O. The van der Waals surface area contributed by atoms with Gasteiger partial charge in [-0.2, -0.15) is 0 Å². The largest absolute Gasteiger partial charge is 0.459 e. The summed E-state index contributed by atoms with van der Waals surface area (Å²) in [5, 5.41) is 71.6. The van der Waals surface area contributed by atoms with Crippen LogP contribution in [0.3, 0.4) is 0 Å². The quantitative estimate of drug-likeness (QED) is 0.0491. The van der Waals surface area contributed by atoms with Crippen LogP contribution in [0.15, 0.2) is 24.3 Å². The zero-order chi connectivity index (χ0) is 52.5. The van der Waals surface area contributed by atoms with Gasteiger partial charge in [-0.05, 0) is 117 Å². The summed E-state index contributed by atoms with van der Waals surface area (Å²) in [6.45, 7) is 18.7. The van der Waals surface area contributed by atoms with Gasteiger partial charge in [0.05, 0.1) is 41.5 Å². The fourth-order valence-corrected chi connectivity index (χ4v) is 11.5. The lowest BCUT2D eigenvalue weighted by Gasteiger charge is -2.51. The topological polar surface area (TPSA) is 249 Å². The molecule has 8 N–H and O–H groups in total. The van der Waals surface area contributed by atoms with E-state index in [0.29, 0.717) is 44.5 Å². The molecule has 1 unspecified atom stereocenters. The first-order valence-corrected chi connectivity index (χ1v) is 25.6. The average Bonchev–Trinajstić information content (AvgIpc) is 3.30. The predicted octanol–water partition coefficient (Wildman–Crippen LogP) is 4.53. The van der Waals surface area contributed by atoms with Crippen molar-refractivity contribution in [1.29, 1.82) is 0 Å². The van der Waals surface area contributed by atoms with Crippen LogP contribution in [-0.4, -0.2) is 170 Å². The number of cyclic esters (lactones) is 1. The molecule has 3 aliphatic heterocycles. The molecule has 0 radical (unpaired) electrons. The van der Waals surface area contributed by atoms with Crippen molar-refractivity contribution >= 4 is 23.5 Å². The smallest absolute Gasteiger partial charge is 0.309 e. The Kier molecular flexibility index (Phi) is 22.1. The standard InChI is InChI=1S/C52H90N4O14/c1-14-40-52(10,64)45(60)34(6)55(11)28-30(2)26-50(8,63)47(32(4)43(33(5)48(62)69-40)39-27-51(9,66-13)46(61)35(7)68-39)70-49-44(59)38(25-31(3)67-49)56(12)29-36-21-23-37(24-22-36)53-41(57)19-17-15-16-18-20-42(58)54-65/h21-24,30-35,38-40,43-47,49,59-61,63-65H,14-20,25-29H2,1-13H3,(H,53,57)(H,54,58)/t30-,31-,32+,33-,34-,35+,38+,39-,40-,43?,44+,45-,46+,47-,49+,50-,51-,52-/m1/s1. The van der Waals surface area contributed by atoms with E-state index < -0.39 is 108 Å². The monoisotopic (exact) mass is 995 g/mol. The van der Waals surface area contributed by atoms with Gasteiger partial charge in [0.1, 0.15) is 30.0 Å². The molecule has 70 heavy (non-hydrogen) atoms. The van der Waals surface area contributed by atoms with E-state index in [1.54, 1.807) is 47.0 Å². The van der Waals surface area contributed by atoms with Gasteiger partial charge in [0, 0.05) is 63.2 Å². The highest BCUT2D eigenvalue weighted by atomic mass is 16.7. The Balaban J connectivity index is 1.63. The Hall–Kier alpha value is -2.85. The van der Waals surface area contributed by atoms with Crippen LogP contribution in [0.1, 0.15) is 139 Å². The molecule has 0 saturated carbocycles. The number of carbonyl (C=O) groups excluding carboxylic acids is 3. The number of anilines is 1. The van der Waals surface area contributed by atoms with Gasteiger partial charge in [0.25, 0.3) is 0 Å². The second kappa shape index (κ2) is 25.9. The number of hydrogen-bond acceptors (Lipinski definition) is 16. The normalized spacial score (nSPS) is 39.7. The summed E-state index contributed by atoms with van der Waals surface area (Å²) in [7, 11) is 5.28. The van der Waals surface area contributed by atoms with Gasteiger partial charge in [-0.1, -0.05) is 52.7 Å². The van der Waals surface area contributed by atoms with E-state index in [0.717, 1.165) is 18.4 Å². The van der Waals surface area contributed by atoms with Crippen molar-refractivity contribution in [1.82, 2.24) is 15.3 Å². The zero-order valence-corrected chi connectivity index (χ0v) is 44.3. The molecule has 3 heterocycles. The third kappa shape index (κ3) is 15.1. The maximum absolute atomic E-state index is 14.6. The molecule has 1 aromatic rings. The lowest BCUT2D eigenvalue weighted by atomic mass is 9.68. The van der Waals surface area contributed by atoms with E-state index >= 15 is 0 Å². The Labute approximate surface area is 417 Å². The molecule has 3 saturated heterocycles. The second-order valence-corrected chi connectivity index (χ2v) is 21.9. The Morgan fingerprint density at radius 2 is 1.51 bits per heavy atom. The summed E-state index contributed by atoms with van der Waals surface area (Å²) in [5.41, 5.74) is -1.26. The molecular weight excluding hydrogens is 905 g/mol. The third-order valence-corrected chi connectivity index (χ3v) is 15.8. The molecule has 18 heteroatoms. The molecule has 0 aliphatic carbocycles. The fourth-order valence-electron chi connectivity index (χ4n) is 11.5. The molecular formula is C52H90N4O14. The highest BCUT2D eigenvalue weighted by Crippen LogP contribution is 2.45. The molecule has 18 atom stereocenters. The predicted molar refractivity (Wildman–Crippen MR) is 263 cm³/mol. The Morgan fingerprint density at radius 1 is 0.900 bits per heavy atom. The van der Waals surface area contributed by atoms with Gasteiger partial charge < -0.3 is 59.4 Å². The summed E-state index contributed by atoms with van der Waals surface area (Å²) in [6, 6.07) is 6.53. The van der Waals surface area contributed by atoms with Crippen molar-refractivity contribution in [2.45, 2.75) is 224 Å². The first kappa shape index (κ1) is 59.7. The molecule has 402 valence electrons. The van der Waals surface area contributed by atoms with Crippen LogP contribution in [0.25, 0.3) is 0 Å². The molecule has 1 aromatic carbocycles. The number of methoxy groups -OCH3 is 1.